The first-order chi connectivity index (χ1) is 10.6. The van der Waals surface area contributed by atoms with Gasteiger partial charge >= 0.3 is 5.97 Å². The maximum Gasteiger partial charge on any atom is 0.339 e. The second kappa shape index (κ2) is 7.56. The highest BCUT2D eigenvalue weighted by Crippen LogP contribution is 2.16. The molecule has 5 heteroatoms. The molecule has 2 rings (SSSR count). The SMILES string of the molecule is COC(=O)c1ccccc1NC(=O)/C=C\c1ccc(Br)cc1. The Morgan fingerprint density at radius 2 is 1.77 bits per heavy atom. The van der Waals surface area contributed by atoms with Gasteiger partial charge in [0.1, 0.15) is 0 Å². The van der Waals surface area contributed by atoms with Crippen LogP contribution >= 0.6 is 15.9 Å². The van der Waals surface area contributed by atoms with Crippen molar-refractivity contribution in [2.45, 2.75) is 0 Å². The number of rotatable bonds is 4. The monoisotopic (exact) mass is 359 g/mol. The minimum atomic E-state index is -0.493. The number of nitrogens with one attached hydrogen (secondary N) is 1. The molecule has 2 aromatic carbocycles. The number of amides is 1. The van der Waals surface area contributed by atoms with E-state index in [0.29, 0.717) is 11.3 Å². The Hall–Kier alpha value is -2.40. The van der Waals surface area contributed by atoms with Gasteiger partial charge in [0.25, 0.3) is 0 Å². The van der Waals surface area contributed by atoms with Gasteiger partial charge in [-0.1, -0.05) is 40.2 Å². The molecular weight excluding hydrogens is 346 g/mol. The van der Waals surface area contributed by atoms with Gasteiger partial charge in [-0.05, 0) is 35.9 Å². The molecule has 0 spiro atoms. The molecule has 112 valence electrons. The average Bonchev–Trinajstić information content (AvgIpc) is 2.54. The highest BCUT2D eigenvalue weighted by Gasteiger charge is 2.11. The van der Waals surface area contributed by atoms with Crippen LogP contribution in [0.1, 0.15) is 15.9 Å². The van der Waals surface area contributed by atoms with Crippen molar-refractivity contribution in [2.75, 3.05) is 12.4 Å². The molecule has 4 nitrogen and oxygen atoms in total. The highest BCUT2D eigenvalue weighted by atomic mass is 79.9. The number of carbonyl (C=O) groups is 2. The minimum Gasteiger partial charge on any atom is -0.465 e. The van der Waals surface area contributed by atoms with Crippen molar-refractivity contribution in [1.82, 2.24) is 0 Å². The molecule has 0 bridgehead atoms. The van der Waals surface area contributed by atoms with E-state index < -0.39 is 5.97 Å². The van der Waals surface area contributed by atoms with Crippen LogP contribution in [0, 0.1) is 0 Å². The van der Waals surface area contributed by atoms with E-state index in [1.54, 1.807) is 30.3 Å². The number of methoxy groups -OCH3 is 1. The Morgan fingerprint density at radius 3 is 2.45 bits per heavy atom. The van der Waals surface area contributed by atoms with Gasteiger partial charge < -0.3 is 10.1 Å². The van der Waals surface area contributed by atoms with Crippen LogP contribution < -0.4 is 5.32 Å². The normalized spacial score (nSPS) is 10.5. The van der Waals surface area contributed by atoms with Gasteiger partial charge in [-0.2, -0.15) is 0 Å². The summed E-state index contributed by atoms with van der Waals surface area (Å²) in [5.41, 5.74) is 1.63. The molecule has 22 heavy (non-hydrogen) atoms. The van der Waals surface area contributed by atoms with Gasteiger partial charge in [0.2, 0.25) is 5.91 Å². The summed E-state index contributed by atoms with van der Waals surface area (Å²) < 4.78 is 5.66. The lowest BCUT2D eigenvalue weighted by atomic mass is 10.1. The molecule has 0 unspecified atom stereocenters. The second-order valence-electron chi connectivity index (χ2n) is 4.41. The van der Waals surface area contributed by atoms with E-state index in [4.69, 9.17) is 0 Å². The van der Waals surface area contributed by atoms with E-state index in [-0.39, 0.29) is 5.91 Å². The van der Waals surface area contributed by atoms with Gasteiger partial charge in [0.15, 0.2) is 0 Å². The van der Waals surface area contributed by atoms with Crippen LogP contribution in [0.15, 0.2) is 59.1 Å². The molecule has 1 N–H and O–H groups in total. The standard InChI is InChI=1S/C17H14BrNO3/c1-22-17(21)14-4-2-3-5-15(14)19-16(20)11-8-12-6-9-13(18)10-7-12/h2-11H,1H3,(H,19,20)/b11-8-. The highest BCUT2D eigenvalue weighted by molar-refractivity contribution is 9.10. The van der Waals surface area contributed by atoms with Crippen molar-refractivity contribution >= 4 is 39.6 Å². The summed E-state index contributed by atoms with van der Waals surface area (Å²) in [6.07, 6.45) is 3.11. The maximum absolute atomic E-state index is 12.0. The molecular formula is C17H14BrNO3. The lowest BCUT2D eigenvalue weighted by Gasteiger charge is -2.07. The van der Waals surface area contributed by atoms with Gasteiger partial charge in [0, 0.05) is 10.5 Å². The molecule has 1 amide bonds. The molecule has 0 fully saturated rings. The molecule has 0 aromatic heterocycles. The third-order valence-corrected chi connectivity index (χ3v) is 3.42. The summed E-state index contributed by atoms with van der Waals surface area (Å²) in [5, 5.41) is 2.67. The summed E-state index contributed by atoms with van der Waals surface area (Å²) in [7, 11) is 1.30. The summed E-state index contributed by atoms with van der Waals surface area (Å²) in [4.78, 5) is 23.6. The Morgan fingerprint density at radius 1 is 1.09 bits per heavy atom. The number of para-hydroxylation sites is 1. The van der Waals surface area contributed by atoms with Crippen LogP contribution in [0.25, 0.3) is 6.08 Å². The van der Waals surface area contributed by atoms with Crippen molar-refractivity contribution in [3.63, 3.8) is 0 Å². The number of ether oxygens (including phenoxy) is 1. The quantitative estimate of drug-likeness (QED) is 0.665. The molecule has 2 aromatic rings. The zero-order chi connectivity index (χ0) is 15.9. The largest absolute Gasteiger partial charge is 0.465 e. The number of halogens is 1. The summed E-state index contributed by atoms with van der Waals surface area (Å²) in [6, 6.07) is 14.2. The number of esters is 1. The predicted octanol–water partition coefficient (Wildman–Crippen LogP) is 3.89. The van der Waals surface area contributed by atoms with Gasteiger partial charge in [-0.3, -0.25) is 4.79 Å². The van der Waals surface area contributed by atoms with Gasteiger partial charge in [0.05, 0.1) is 18.4 Å². The zero-order valence-corrected chi connectivity index (χ0v) is 13.5. The Labute approximate surface area is 136 Å². The fourth-order valence-corrected chi connectivity index (χ4v) is 2.06. The average molecular weight is 360 g/mol. The Kier molecular flexibility index (Phi) is 5.49. The maximum atomic E-state index is 12.0. The molecule has 0 aliphatic heterocycles. The van der Waals surface area contributed by atoms with Crippen LogP contribution in [0.5, 0.6) is 0 Å². The number of hydrogen-bond donors (Lipinski definition) is 1. The first kappa shape index (κ1) is 16.0. The fourth-order valence-electron chi connectivity index (χ4n) is 1.80. The van der Waals surface area contributed by atoms with Crippen molar-refractivity contribution in [1.29, 1.82) is 0 Å². The summed E-state index contributed by atoms with van der Waals surface area (Å²) in [6.45, 7) is 0. The topological polar surface area (TPSA) is 55.4 Å². The number of hydrogen-bond acceptors (Lipinski definition) is 3. The van der Waals surface area contributed by atoms with E-state index in [1.807, 2.05) is 24.3 Å². The number of anilines is 1. The summed E-state index contributed by atoms with van der Waals surface area (Å²) >= 11 is 3.35. The van der Waals surface area contributed by atoms with E-state index in [2.05, 4.69) is 26.0 Å². The fraction of sp³-hybridized carbons (Fsp3) is 0.0588. The molecule has 0 radical (unpaired) electrons. The third kappa shape index (κ3) is 4.30. The minimum absolute atomic E-state index is 0.315. The molecule has 0 heterocycles. The van der Waals surface area contributed by atoms with Gasteiger partial charge in [-0.25, -0.2) is 4.79 Å². The van der Waals surface area contributed by atoms with Crippen molar-refractivity contribution in [3.8, 4) is 0 Å². The van der Waals surface area contributed by atoms with Gasteiger partial charge in [-0.15, -0.1) is 0 Å². The smallest absolute Gasteiger partial charge is 0.339 e. The van der Waals surface area contributed by atoms with Crippen LogP contribution in [0.4, 0.5) is 5.69 Å². The molecule has 0 saturated heterocycles. The molecule has 0 atom stereocenters. The molecule has 0 aliphatic rings. The summed E-state index contributed by atoms with van der Waals surface area (Å²) in [5.74, 6) is -0.813. The first-order valence-corrected chi connectivity index (χ1v) is 7.31. The van der Waals surface area contributed by atoms with E-state index in [9.17, 15) is 9.59 Å². The van der Waals surface area contributed by atoms with E-state index in [0.717, 1.165) is 10.0 Å². The van der Waals surface area contributed by atoms with Crippen LogP contribution in [0.3, 0.4) is 0 Å². The van der Waals surface area contributed by atoms with Crippen LogP contribution in [0.2, 0.25) is 0 Å². The van der Waals surface area contributed by atoms with E-state index in [1.165, 1.54) is 13.2 Å². The molecule has 0 aliphatic carbocycles. The predicted molar refractivity (Wildman–Crippen MR) is 89.6 cm³/mol. The lowest BCUT2D eigenvalue weighted by molar-refractivity contribution is -0.111. The lowest BCUT2D eigenvalue weighted by Crippen LogP contribution is -2.12. The van der Waals surface area contributed by atoms with Crippen molar-refractivity contribution < 1.29 is 14.3 Å². The zero-order valence-electron chi connectivity index (χ0n) is 11.9. The Bertz CT molecular complexity index is 708. The molecule has 0 saturated carbocycles. The van der Waals surface area contributed by atoms with Crippen molar-refractivity contribution in [2.24, 2.45) is 0 Å². The second-order valence-corrected chi connectivity index (χ2v) is 5.33. The number of benzene rings is 2. The van der Waals surface area contributed by atoms with E-state index >= 15 is 0 Å². The first-order valence-electron chi connectivity index (χ1n) is 6.52. The van der Waals surface area contributed by atoms with Crippen LogP contribution in [-0.4, -0.2) is 19.0 Å². The van der Waals surface area contributed by atoms with Crippen molar-refractivity contribution in [3.05, 3.63) is 70.2 Å². The Balaban J connectivity index is 2.09. The number of carbonyl (C=O) groups excluding carboxylic acids is 2. The van der Waals surface area contributed by atoms with Crippen LogP contribution in [-0.2, 0) is 9.53 Å². The third-order valence-electron chi connectivity index (χ3n) is 2.89.